The van der Waals surface area contributed by atoms with Gasteiger partial charge in [-0.3, -0.25) is 4.79 Å². The van der Waals surface area contributed by atoms with Crippen molar-refractivity contribution in [2.24, 2.45) is 0 Å². The number of amides is 1. The van der Waals surface area contributed by atoms with E-state index in [0.29, 0.717) is 5.92 Å². The molecule has 2 aromatic rings. The van der Waals surface area contributed by atoms with E-state index in [0.717, 1.165) is 61.1 Å². The standard InChI is InChI=1S/C19H21BrN2O2S/c20-15-4-1-3-14(11-15)16-12-25-18(21-16)13-6-8-22(9-7-13)19(23)17-5-2-10-24-17/h1,3-4,11-13,17H,2,5-10H2. The van der Waals surface area contributed by atoms with Crippen molar-refractivity contribution in [2.45, 2.75) is 37.7 Å². The van der Waals surface area contributed by atoms with Crippen LogP contribution in [0.15, 0.2) is 34.1 Å². The summed E-state index contributed by atoms with van der Waals surface area (Å²) < 4.78 is 6.61. The molecule has 2 saturated heterocycles. The summed E-state index contributed by atoms with van der Waals surface area (Å²) in [6.45, 7) is 2.36. The molecular formula is C19H21BrN2O2S. The summed E-state index contributed by atoms with van der Waals surface area (Å²) in [7, 11) is 0. The highest BCUT2D eigenvalue weighted by Crippen LogP contribution is 2.34. The van der Waals surface area contributed by atoms with Crippen molar-refractivity contribution in [1.82, 2.24) is 9.88 Å². The number of aromatic nitrogens is 1. The molecule has 0 saturated carbocycles. The summed E-state index contributed by atoms with van der Waals surface area (Å²) >= 11 is 5.26. The fourth-order valence-electron chi connectivity index (χ4n) is 3.58. The zero-order valence-corrected chi connectivity index (χ0v) is 16.4. The highest BCUT2D eigenvalue weighted by molar-refractivity contribution is 9.10. The topological polar surface area (TPSA) is 42.4 Å². The van der Waals surface area contributed by atoms with Crippen LogP contribution in [0, 0.1) is 0 Å². The van der Waals surface area contributed by atoms with Crippen LogP contribution >= 0.6 is 27.3 Å². The van der Waals surface area contributed by atoms with Crippen molar-refractivity contribution < 1.29 is 9.53 Å². The average Bonchev–Trinajstić information content (AvgIpc) is 3.33. The Morgan fingerprint density at radius 2 is 2.12 bits per heavy atom. The number of hydrogen-bond donors (Lipinski definition) is 0. The molecule has 25 heavy (non-hydrogen) atoms. The quantitative estimate of drug-likeness (QED) is 0.735. The summed E-state index contributed by atoms with van der Waals surface area (Å²) in [6.07, 6.45) is 3.67. The van der Waals surface area contributed by atoms with Gasteiger partial charge in [-0.05, 0) is 37.8 Å². The first-order chi connectivity index (χ1) is 12.2. The van der Waals surface area contributed by atoms with Crippen LogP contribution in [0.3, 0.4) is 0 Å². The van der Waals surface area contributed by atoms with Crippen LogP contribution in [0.1, 0.15) is 36.6 Å². The van der Waals surface area contributed by atoms with Crippen LogP contribution in [0.4, 0.5) is 0 Å². The van der Waals surface area contributed by atoms with Gasteiger partial charge in [-0.2, -0.15) is 0 Å². The Bertz CT molecular complexity index is 749. The number of piperidine rings is 1. The second-order valence-corrected chi connectivity index (χ2v) is 8.49. The van der Waals surface area contributed by atoms with E-state index in [1.165, 1.54) is 5.01 Å². The summed E-state index contributed by atoms with van der Waals surface area (Å²) in [5.41, 5.74) is 2.18. The summed E-state index contributed by atoms with van der Waals surface area (Å²) in [6, 6.07) is 8.25. The van der Waals surface area contributed by atoms with Gasteiger partial charge < -0.3 is 9.64 Å². The SMILES string of the molecule is O=C(C1CCCO1)N1CCC(c2nc(-c3cccc(Br)c3)cs2)CC1. The van der Waals surface area contributed by atoms with Crippen LogP contribution < -0.4 is 0 Å². The molecule has 1 aromatic heterocycles. The lowest BCUT2D eigenvalue weighted by Crippen LogP contribution is -2.43. The highest BCUT2D eigenvalue weighted by Gasteiger charge is 2.31. The zero-order valence-electron chi connectivity index (χ0n) is 14.0. The molecule has 4 rings (SSSR count). The lowest BCUT2D eigenvalue weighted by Gasteiger charge is -2.32. The molecule has 6 heteroatoms. The molecule has 0 radical (unpaired) electrons. The van der Waals surface area contributed by atoms with Crippen LogP contribution in [-0.4, -0.2) is 41.6 Å². The van der Waals surface area contributed by atoms with Gasteiger partial charge in [0.05, 0.1) is 10.7 Å². The minimum atomic E-state index is -0.195. The van der Waals surface area contributed by atoms with Crippen molar-refractivity contribution in [1.29, 1.82) is 0 Å². The third-order valence-corrected chi connectivity index (χ3v) is 6.50. The van der Waals surface area contributed by atoms with E-state index in [1.807, 2.05) is 17.0 Å². The first-order valence-electron chi connectivity index (χ1n) is 8.82. The third-order valence-electron chi connectivity index (χ3n) is 5.00. The number of likely N-dealkylation sites (tertiary alicyclic amines) is 1. The number of nitrogens with zero attached hydrogens (tertiary/aromatic N) is 2. The number of carbonyl (C=O) groups is 1. The van der Waals surface area contributed by atoms with E-state index in [-0.39, 0.29) is 12.0 Å². The number of hydrogen-bond acceptors (Lipinski definition) is 4. The first kappa shape index (κ1) is 17.2. The normalized spacial score (nSPS) is 21.6. The summed E-state index contributed by atoms with van der Waals surface area (Å²) in [5, 5.41) is 3.33. The Morgan fingerprint density at radius 3 is 2.84 bits per heavy atom. The van der Waals surface area contributed by atoms with E-state index >= 15 is 0 Å². The van der Waals surface area contributed by atoms with Gasteiger partial charge in [0, 0.05) is 41.0 Å². The predicted octanol–water partition coefficient (Wildman–Crippen LogP) is 4.46. The lowest BCUT2D eigenvalue weighted by atomic mass is 9.97. The molecule has 0 spiro atoms. The van der Waals surface area contributed by atoms with Gasteiger partial charge in [0.15, 0.2) is 0 Å². The molecule has 2 fully saturated rings. The minimum Gasteiger partial charge on any atom is -0.368 e. The Kier molecular flexibility index (Phi) is 5.20. The van der Waals surface area contributed by atoms with Crippen LogP contribution in [0.5, 0.6) is 0 Å². The van der Waals surface area contributed by atoms with Crippen molar-refractivity contribution in [3.05, 3.63) is 39.1 Å². The highest BCUT2D eigenvalue weighted by atomic mass is 79.9. The fraction of sp³-hybridized carbons (Fsp3) is 0.474. The number of thiazole rings is 1. The largest absolute Gasteiger partial charge is 0.368 e. The van der Waals surface area contributed by atoms with Gasteiger partial charge in [-0.15, -0.1) is 11.3 Å². The van der Waals surface area contributed by atoms with Crippen molar-refractivity contribution in [3.63, 3.8) is 0 Å². The van der Waals surface area contributed by atoms with Crippen molar-refractivity contribution in [3.8, 4) is 11.3 Å². The monoisotopic (exact) mass is 420 g/mol. The number of carbonyl (C=O) groups excluding carboxylic acids is 1. The van der Waals surface area contributed by atoms with Crippen LogP contribution in [-0.2, 0) is 9.53 Å². The van der Waals surface area contributed by atoms with E-state index < -0.39 is 0 Å². The fourth-order valence-corrected chi connectivity index (χ4v) is 4.98. The first-order valence-corrected chi connectivity index (χ1v) is 10.5. The van der Waals surface area contributed by atoms with Crippen LogP contribution in [0.2, 0.25) is 0 Å². The van der Waals surface area contributed by atoms with Gasteiger partial charge in [0.1, 0.15) is 6.10 Å². The number of ether oxygens (including phenoxy) is 1. The van der Waals surface area contributed by atoms with Crippen LogP contribution in [0.25, 0.3) is 11.3 Å². The molecule has 1 atom stereocenters. The van der Waals surface area contributed by atoms with Gasteiger partial charge in [0.2, 0.25) is 0 Å². The molecule has 3 heterocycles. The molecule has 132 valence electrons. The molecule has 0 N–H and O–H groups in total. The third kappa shape index (κ3) is 3.81. The van der Waals surface area contributed by atoms with Gasteiger partial charge in [-0.1, -0.05) is 28.1 Å². The van der Waals surface area contributed by atoms with E-state index in [4.69, 9.17) is 9.72 Å². The number of rotatable bonds is 3. The molecule has 2 aliphatic rings. The second kappa shape index (κ2) is 7.56. The Hall–Kier alpha value is -1.24. The summed E-state index contributed by atoms with van der Waals surface area (Å²) in [4.78, 5) is 19.3. The van der Waals surface area contributed by atoms with E-state index in [1.54, 1.807) is 11.3 Å². The molecule has 1 unspecified atom stereocenters. The van der Waals surface area contributed by atoms with E-state index in [9.17, 15) is 4.79 Å². The predicted molar refractivity (Wildman–Crippen MR) is 103 cm³/mol. The molecule has 0 bridgehead atoms. The zero-order chi connectivity index (χ0) is 17.2. The molecule has 1 aromatic carbocycles. The number of halogens is 1. The smallest absolute Gasteiger partial charge is 0.251 e. The average molecular weight is 421 g/mol. The lowest BCUT2D eigenvalue weighted by molar-refractivity contribution is -0.142. The molecule has 0 aliphatic carbocycles. The second-order valence-electron chi connectivity index (χ2n) is 6.68. The van der Waals surface area contributed by atoms with Crippen molar-refractivity contribution in [2.75, 3.05) is 19.7 Å². The maximum Gasteiger partial charge on any atom is 0.251 e. The molecule has 2 aliphatic heterocycles. The van der Waals surface area contributed by atoms with Crippen molar-refractivity contribution >= 4 is 33.2 Å². The van der Waals surface area contributed by atoms with Gasteiger partial charge in [-0.25, -0.2) is 4.98 Å². The molecule has 1 amide bonds. The maximum atomic E-state index is 12.4. The maximum absolute atomic E-state index is 12.4. The Balaban J connectivity index is 1.39. The number of benzene rings is 1. The van der Waals surface area contributed by atoms with Gasteiger partial charge >= 0.3 is 0 Å². The molecular weight excluding hydrogens is 400 g/mol. The Labute approximate surface area is 160 Å². The summed E-state index contributed by atoms with van der Waals surface area (Å²) in [5.74, 6) is 0.643. The Morgan fingerprint density at radius 1 is 1.28 bits per heavy atom. The van der Waals surface area contributed by atoms with E-state index in [2.05, 4.69) is 33.4 Å². The minimum absolute atomic E-state index is 0.185. The molecule has 4 nitrogen and oxygen atoms in total. The van der Waals surface area contributed by atoms with Gasteiger partial charge in [0.25, 0.3) is 5.91 Å².